The van der Waals surface area contributed by atoms with E-state index in [2.05, 4.69) is 10.3 Å². The lowest BCUT2D eigenvalue weighted by Gasteiger charge is -2.30. The zero-order valence-corrected chi connectivity index (χ0v) is 17.4. The van der Waals surface area contributed by atoms with E-state index in [0.29, 0.717) is 25.1 Å². The Morgan fingerprint density at radius 2 is 2.15 bits per heavy atom. The van der Waals surface area contributed by atoms with E-state index >= 15 is 0 Å². The third kappa shape index (κ3) is 4.84. The van der Waals surface area contributed by atoms with Crippen molar-refractivity contribution in [3.8, 4) is 0 Å². The summed E-state index contributed by atoms with van der Waals surface area (Å²) in [6.45, 7) is 4.49. The topological polar surface area (TPSA) is 62.3 Å². The van der Waals surface area contributed by atoms with Crippen LogP contribution >= 0.6 is 23.5 Å². The van der Waals surface area contributed by atoms with Gasteiger partial charge in [-0.05, 0) is 56.4 Å². The number of rotatable bonds is 6. The first kappa shape index (κ1) is 19.8. The monoisotopic (exact) mass is 401 g/mol. The van der Waals surface area contributed by atoms with Gasteiger partial charge in [-0.3, -0.25) is 9.59 Å². The van der Waals surface area contributed by atoms with Crippen molar-refractivity contribution in [1.29, 1.82) is 0 Å². The van der Waals surface area contributed by atoms with Crippen LogP contribution < -0.4 is 10.2 Å². The van der Waals surface area contributed by atoms with Gasteiger partial charge in [0.1, 0.15) is 5.03 Å². The SMILES string of the molecule is CSc1cccc(NC(=O)CCCN2C(=O)CSc3nc(C)cc(C)c32)c1. The van der Waals surface area contributed by atoms with E-state index in [-0.39, 0.29) is 11.8 Å². The molecule has 0 aliphatic carbocycles. The van der Waals surface area contributed by atoms with Crippen molar-refractivity contribution >= 4 is 46.7 Å². The van der Waals surface area contributed by atoms with Gasteiger partial charge in [0.05, 0.1) is 11.4 Å². The predicted molar refractivity (Wildman–Crippen MR) is 113 cm³/mol. The third-order valence-corrected chi connectivity index (χ3v) is 6.00. The number of hydrogen-bond donors (Lipinski definition) is 1. The average molecular weight is 402 g/mol. The molecule has 0 fully saturated rings. The zero-order chi connectivity index (χ0) is 19.4. The number of hydrogen-bond acceptors (Lipinski definition) is 5. The van der Waals surface area contributed by atoms with E-state index in [0.717, 1.165) is 32.6 Å². The second-order valence-electron chi connectivity index (χ2n) is 6.45. The van der Waals surface area contributed by atoms with Crippen molar-refractivity contribution in [3.63, 3.8) is 0 Å². The van der Waals surface area contributed by atoms with Crippen LogP contribution in [0.15, 0.2) is 40.3 Å². The molecule has 1 aromatic carbocycles. The number of carbonyl (C=O) groups excluding carboxylic acids is 2. The number of fused-ring (bicyclic) bond motifs is 1. The predicted octanol–water partition coefficient (Wildman–Crippen LogP) is 4.28. The summed E-state index contributed by atoms with van der Waals surface area (Å²) in [6, 6.07) is 9.78. The summed E-state index contributed by atoms with van der Waals surface area (Å²) >= 11 is 3.13. The quantitative estimate of drug-likeness (QED) is 0.732. The zero-order valence-electron chi connectivity index (χ0n) is 15.7. The number of nitrogens with zero attached hydrogens (tertiary/aromatic N) is 2. The molecule has 5 nitrogen and oxygen atoms in total. The molecule has 1 aliphatic heterocycles. The van der Waals surface area contributed by atoms with Crippen LogP contribution in [0.3, 0.4) is 0 Å². The molecule has 0 bridgehead atoms. The van der Waals surface area contributed by atoms with E-state index in [1.54, 1.807) is 16.7 Å². The van der Waals surface area contributed by atoms with Crippen LogP contribution in [0.4, 0.5) is 11.4 Å². The molecule has 2 heterocycles. The van der Waals surface area contributed by atoms with Crippen molar-refractivity contribution in [2.24, 2.45) is 0 Å². The Balaban J connectivity index is 1.60. The maximum atomic E-state index is 12.4. The molecular formula is C20H23N3O2S2. The lowest BCUT2D eigenvalue weighted by Crippen LogP contribution is -2.37. The Hall–Kier alpha value is -1.99. The summed E-state index contributed by atoms with van der Waals surface area (Å²) in [5, 5.41) is 3.84. The number of anilines is 2. The first-order valence-corrected chi connectivity index (χ1v) is 11.0. The summed E-state index contributed by atoms with van der Waals surface area (Å²) in [6.07, 6.45) is 2.98. The number of benzene rings is 1. The second-order valence-corrected chi connectivity index (χ2v) is 8.30. The third-order valence-electron chi connectivity index (χ3n) is 4.32. The molecule has 0 saturated carbocycles. The first-order chi connectivity index (χ1) is 13.0. The largest absolute Gasteiger partial charge is 0.326 e. The molecule has 0 atom stereocenters. The highest BCUT2D eigenvalue weighted by Crippen LogP contribution is 2.36. The minimum absolute atomic E-state index is 0.0361. The van der Waals surface area contributed by atoms with Crippen molar-refractivity contribution < 1.29 is 9.59 Å². The minimum Gasteiger partial charge on any atom is -0.326 e. The molecule has 1 aliphatic rings. The molecule has 2 aromatic rings. The lowest BCUT2D eigenvalue weighted by atomic mass is 10.1. The molecule has 0 saturated heterocycles. The molecular weight excluding hydrogens is 378 g/mol. The number of nitrogens with one attached hydrogen (secondary N) is 1. The van der Waals surface area contributed by atoms with Gasteiger partial charge in [0.15, 0.2) is 0 Å². The number of thioether (sulfide) groups is 2. The van der Waals surface area contributed by atoms with Crippen molar-refractivity contribution in [3.05, 3.63) is 41.6 Å². The van der Waals surface area contributed by atoms with Crippen LogP contribution in [0, 0.1) is 13.8 Å². The Labute approximate surface area is 168 Å². The van der Waals surface area contributed by atoms with E-state index in [4.69, 9.17) is 0 Å². The maximum absolute atomic E-state index is 12.4. The fraction of sp³-hybridized carbons (Fsp3) is 0.350. The van der Waals surface area contributed by atoms with Crippen molar-refractivity contribution in [1.82, 2.24) is 4.98 Å². The van der Waals surface area contributed by atoms with Gasteiger partial charge < -0.3 is 10.2 Å². The number of carbonyl (C=O) groups is 2. The molecule has 7 heteroatoms. The van der Waals surface area contributed by atoms with Gasteiger partial charge >= 0.3 is 0 Å². The highest BCUT2D eigenvalue weighted by atomic mass is 32.2. The summed E-state index contributed by atoms with van der Waals surface area (Å²) in [4.78, 5) is 32.1. The molecule has 0 unspecified atom stereocenters. The van der Waals surface area contributed by atoms with Crippen molar-refractivity contribution in [2.45, 2.75) is 36.6 Å². The van der Waals surface area contributed by atoms with Crippen LogP contribution in [-0.4, -0.2) is 35.4 Å². The standard InChI is InChI=1S/C20H23N3O2S2/c1-13-10-14(2)21-20-19(13)23(18(25)12-27-20)9-5-8-17(24)22-15-6-4-7-16(11-15)26-3/h4,6-7,10-11H,5,8-9,12H2,1-3H3,(H,22,24). The van der Waals surface area contributed by atoms with Gasteiger partial charge in [0.2, 0.25) is 11.8 Å². The number of pyridine rings is 1. The Bertz CT molecular complexity index is 870. The smallest absolute Gasteiger partial charge is 0.237 e. The molecule has 3 rings (SSSR count). The second kappa shape index (κ2) is 8.80. The van der Waals surface area contributed by atoms with Crippen molar-refractivity contribution in [2.75, 3.05) is 28.8 Å². The molecule has 0 spiro atoms. The summed E-state index contributed by atoms with van der Waals surface area (Å²) in [5.41, 5.74) is 3.71. The van der Waals surface area contributed by atoms with Gasteiger partial charge in [-0.1, -0.05) is 17.8 Å². The first-order valence-electron chi connectivity index (χ1n) is 8.83. The normalized spacial score (nSPS) is 13.4. The number of aryl methyl sites for hydroxylation is 2. The summed E-state index contributed by atoms with van der Waals surface area (Å²) < 4.78 is 0. The lowest BCUT2D eigenvalue weighted by molar-refractivity contribution is -0.117. The van der Waals surface area contributed by atoms with Crippen LogP contribution in [0.5, 0.6) is 0 Å². The molecule has 1 aromatic heterocycles. The fourth-order valence-corrected chi connectivity index (χ4v) is 4.61. The van der Waals surface area contributed by atoms with Crippen LogP contribution in [-0.2, 0) is 9.59 Å². The van der Waals surface area contributed by atoms with Crippen LogP contribution in [0.2, 0.25) is 0 Å². The van der Waals surface area contributed by atoms with Crippen LogP contribution in [0.25, 0.3) is 0 Å². The number of aromatic nitrogens is 1. The van der Waals surface area contributed by atoms with E-state index < -0.39 is 0 Å². The highest BCUT2D eigenvalue weighted by molar-refractivity contribution is 8.00. The Morgan fingerprint density at radius 3 is 2.93 bits per heavy atom. The molecule has 2 amide bonds. The molecule has 0 radical (unpaired) electrons. The number of amides is 2. The van der Waals surface area contributed by atoms with Gasteiger partial charge in [-0.2, -0.15) is 0 Å². The summed E-state index contributed by atoms with van der Waals surface area (Å²) in [7, 11) is 0. The van der Waals surface area contributed by atoms with E-state index in [1.807, 2.05) is 50.4 Å². The highest BCUT2D eigenvalue weighted by Gasteiger charge is 2.27. The molecule has 27 heavy (non-hydrogen) atoms. The van der Waals surface area contributed by atoms with Gasteiger partial charge in [-0.15, -0.1) is 11.8 Å². The van der Waals surface area contributed by atoms with Gasteiger partial charge in [0, 0.05) is 29.2 Å². The van der Waals surface area contributed by atoms with Gasteiger partial charge in [0.25, 0.3) is 0 Å². The molecule has 142 valence electrons. The molecule has 1 N–H and O–H groups in total. The maximum Gasteiger partial charge on any atom is 0.237 e. The van der Waals surface area contributed by atoms with Gasteiger partial charge in [-0.25, -0.2) is 4.98 Å². The van der Waals surface area contributed by atoms with E-state index in [1.165, 1.54) is 11.8 Å². The van der Waals surface area contributed by atoms with Crippen LogP contribution in [0.1, 0.15) is 24.1 Å². The Morgan fingerprint density at radius 1 is 1.33 bits per heavy atom. The Kier molecular flexibility index (Phi) is 6.44. The fourth-order valence-electron chi connectivity index (χ4n) is 3.12. The summed E-state index contributed by atoms with van der Waals surface area (Å²) in [5.74, 6) is 0.441. The van der Waals surface area contributed by atoms with E-state index in [9.17, 15) is 9.59 Å². The average Bonchev–Trinajstić information content (AvgIpc) is 2.63. The minimum atomic E-state index is -0.0361.